The number of hydrogen-bond donors (Lipinski definition) is 3. The van der Waals surface area contributed by atoms with E-state index in [0.29, 0.717) is 13.0 Å². The third-order valence-corrected chi connectivity index (χ3v) is 2.47. The maximum absolute atomic E-state index is 11.5. The Bertz CT molecular complexity index is 264. The zero-order valence-corrected chi connectivity index (χ0v) is 12.9. The molecule has 0 aliphatic carbocycles. The van der Waals surface area contributed by atoms with Crippen LogP contribution in [0, 0.1) is 0 Å². The molecule has 0 aliphatic heterocycles. The highest BCUT2D eigenvalue weighted by Crippen LogP contribution is 1.93. The van der Waals surface area contributed by atoms with Crippen LogP contribution in [0.15, 0.2) is 4.99 Å². The Hall–Kier alpha value is -1.26. The van der Waals surface area contributed by atoms with Crippen LogP contribution in [0.3, 0.4) is 0 Å². The summed E-state index contributed by atoms with van der Waals surface area (Å²) in [7, 11) is 0. The van der Waals surface area contributed by atoms with E-state index >= 15 is 0 Å². The van der Waals surface area contributed by atoms with Gasteiger partial charge in [0.2, 0.25) is 5.91 Å². The molecule has 3 N–H and O–H groups in total. The maximum atomic E-state index is 11.5. The number of carbonyl (C=O) groups excluding carboxylic acids is 1. The predicted molar refractivity (Wildman–Crippen MR) is 81.4 cm³/mol. The summed E-state index contributed by atoms with van der Waals surface area (Å²) < 4.78 is 0. The van der Waals surface area contributed by atoms with E-state index in [1.54, 1.807) is 0 Å². The monoisotopic (exact) mass is 270 g/mol. The first-order valence-electron chi connectivity index (χ1n) is 7.41. The lowest BCUT2D eigenvalue weighted by Crippen LogP contribution is -2.40. The van der Waals surface area contributed by atoms with Crippen molar-refractivity contribution in [3.05, 3.63) is 0 Å². The summed E-state index contributed by atoms with van der Waals surface area (Å²) in [6.07, 6.45) is 3.99. The summed E-state index contributed by atoms with van der Waals surface area (Å²) in [5, 5.41) is 9.23. The largest absolute Gasteiger partial charge is 0.357 e. The zero-order valence-electron chi connectivity index (χ0n) is 12.9. The summed E-state index contributed by atoms with van der Waals surface area (Å²) in [6.45, 7) is 10.4. The lowest BCUT2D eigenvalue weighted by atomic mass is 10.2. The zero-order chi connectivity index (χ0) is 14.5. The number of nitrogens with one attached hydrogen (secondary N) is 3. The van der Waals surface area contributed by atoms with Gasteiger partial charge in [0.25, 0.3) is 0 Å². The molecule has 0 spiro atoms. The molecule has 5 heteroatoms. The number of guanidine groups is 1. The molecule has 0 aromatic carbocycles. The molecular weight excluding hydrogens is 240 g/mol. The van der Waals surface area contributed by atoms with Gasteiger partial charge in [-0.15, -0.1) is 0 Å². The first kappa shape index (κ1) is 17.7. The smallest absolute Gasteiger partial charge is 0.221 e. The Balaban J connectivity index is 3.89. The summed E-state index contributed by atoms with van der Waals surface area (Å²) in [5.74, 6) is 0.875. The molecule has 0 unspecified atom stereocenters. The number of unbranched alkanes of at least 4 members (excludes halogenated alkanes) is 2. The minimum Gasteiger partial charge on any atom is -0.357 e. The first-order chi connectivity index (χ1) is 9.10. The van der Waals surface area contributed by atoms with Crippen molar-refractivity contribution in [2.75, 3.05) is 19.6 Å². The highest BCUT2D eigenvalue weighted by atomic mass is 16.1. The number of rotatable bonds is 9. The van der Waals surface area contributed by atoms with Crippen molar-refractivity contribution < 1.29 is 4.79 Å². The highest BCUT2D eigenvalue weighted by molar-refractivity contribution is 5.81. The molecular formula is C14H30N4O. The van der Waals surface area contributed by atoms with E-state index in [1.807, 2.05) is 20.8 Å². The van der Waals surface area contributed by atoms with E-state index in [0.717, 1.165) is 25.5 Å². The van der Waals surface area contributed by atoms with Crippen LogP contribution < -0.4 is 16.0 Å². The fraction of sp³-hybridized carbons (Fsp3) is 0.857. The number of carbonyl (C=O) groups is 1. The summed E-state index contributed by atoms with van der Waals surface area (Å²) in [5.41, 5.74) is 0. The van der Waals surface area contributed by atoms with Crippen LogP contribution in [-0.2, 0) is 4.79 Å². The molecule has 0 bridgehead atoms. The Labute approximate surface area is 117 Å². The van der Waals surface area contributed by atoms with Gasteiger partial charge >= 0.3 is 0 Å². The third kappa shape index (κ3) is 11.6. The molecule has 0 aromatic rings. The predicted octanol–water partition coefficient (Wildman–Crippen LogP) is 1.65. The van der Waals surface area contributed by atoms with Crippen LogP contribution in [0.1, 0.15) is 53.4 Å². The second-order valence-electron chi connectivity index (χ2n) is 4.87. The van der Waals surface area contributed by atoms with Crippen molar-refractivity contribution in [1.82, 2.24) is 16.0 Å². The number of nitrogens with zero attached hydrogens (tertiary/aromatic N) is 1. The second-order valence-corrected chi connectivity index (χ2v) is 4.87. The van der Waals surface area contributed by atoms with Crippen molar-refractivity contribution in [2.24, 2.45) is 4.99 Å². The van der Waals surface area contributed by atoms with Gasteiger partial charge in [-0.1, -0.05) is 19.8 Å². The minimum atomic E-state index is 0.0735. The molecule has 19 heavy (non-hydrogen) atoms. The lowest BCUT2D eigenvalue weighted by molar-refractivity contribution is -0.121. The van der Waals surface area contributed by atoms with Crippen LogP contribution in [0.5, 0.6) is 0 Å². The van der Waals surface area contributed by atoms with Crippen molar-refractivity contribution in [3.8, 4) is 0 Å². The molecule has 0 aliphatic rings. The van der Waals surface area contributed by atoms with Gasteiger partial charge in [0.1, 0.15) is 0 Å². The van der Waals surface area contributed by atoms with Crippen LogP contribution in [0.2, 0.25) is 0 Å². The van der Waals surface area contributed by atoms with E-state index in [9.17, 15) is 4.79 Å². The van der Waals surface area contributed by atoms with Crippen molar-refractivity contribution >= 4 is 11.9 Å². The van der Waals surface area contributed by atoms with E-state index in [1.165, 1.54) is 12.8 Å². The van der Waals surface area contributed by atoms with Crippen molar-refractivity contribution in [3.63, 3.8) is 0 Å². The molecule has 0 saturated carbocycles. The Morgan fingerprint density at radius 2 is 1.89 bits per heavy atom. The van der Waals surface area contributed by atoms with Gasteiger partial charge < -0.3 is 16.0 Å². The Kier molecular flexibility index (Phi) is 11.0. The van der Waals surface area contributed by atoms with Gasteiger partial charge in [-0.05, 0) is 27.2 Å². The normalized spacial score (nSPS) is 11.5. The van der Waals surface area contributed by atoms with Crippen LogP contribution in [0.25, 0.3) is 0 Å². The van der Waals surface area contributed by atoms with Gasteiger partial charge in [-0.3, -0.25) is 9.79 Å². The van der Waals surface area contributed by atoms with E-state index in [4.69, 9.17) is 0 Å². The first-order valence-corrected chi connectivity index (χ1v) is 7.41. The molecule has 0 fully saturated rings. The third-order valence-electron chi connectivity index (χ3n) is 2.47. The van der Waals surface area contributed by atoms with Gasteiger partial charge in [0.15, 0.2) is 5.96 Å². The number of amides is 1. The lowest BCUT2D eigenvalue weighted by Gasteiger charge is -2.12. The van der Waals surface area contributed by atoms with E-state index < -0.39 is 0 Å². The molecule has 0 radical (unpaired) electrons. The van der Waals surface area contributed by atoms with Gasteiger partial charge in [0.05, 0.1) is 0 Å². The van der Waals surface area contributed by atoms with Crippen LogP contribution in [-0.4, -0.2) is 37.5 Å². The standard InChI is InChI=1S/C14H30N4O/c1-5-7-8-10-16-14(15-6-2)17-11-9-13(19)18-12(3)4/h12H,5-11H2,1-4H3,(H,18,19)(H2,15,16,17). The van der Waals surface area contributed by atoms with Gasteiger partial charge in [0, 0.05) is 32.1 Å². The van der Waals surface area contributed by atoms with E-state index in [-0.39, 0.29) is 11.9 Å². The second kappa shape index (κ2) is 11.8. The van der Waals surface area contributed by atoms with Crippen molar-refractivity contribution in [1.29, 1.82) is 0 Å². The fourth-order valence-electron chi connectivity index (χ4n) is 1.58. The maximum Gasteiger partial charge on any atom is 0.221 e. The van der Waals surface area contributed by atoms with Gasteiger partial charge in [-0.2, -0.15) is 0 Å². The molecule has 5 nitrogen and oxygen atoms in total. The summed E-state index contributed by atoms with van der Waals surface area (Å²) in [4.78, 5) is 16.0. The molecule has 0 rings (SSSR count). The average Bonchev–Trinajstić information content (AvgIpc) is 2.33. The molecule has 0 heterocycles. The van der Waals surface area contributed by atoms with E-state index in [2.05, 4.69) is 27.9 Å². The van der Waals surface area contributed by atoms with Gasteiger partial charge in [-0.25, -0.2) is 0 Å². The Morgan fingerprint density at radius 1 is 1.16 bits per heavy atom. The van der Waals surface area contributed by atoms with Crippen LogP contribution >= 0.6 is 0 Å². The molecule has 0 aromatic heterocycles. The summed E-state index contributed by atoms with van der Waals surface area (Å²) >= 11 is 0. The molecule has 0 atom stereocenters. The minimum absolute atomic E-state index is 0.0735. The SMILES string of the molecule is CCCCCN=C(NCC)NCCC(=O)NC(C)C. The fourth-order valence-corrected chi connectivity index (χ4v) is 1.58. The average molecular weight is 270 g/mol. The molecule has 0 saturated heterocycles. The Morgan fingerprint density at radius 3 is 2.47 bits per heavy atom. The topological polar surface area (TPSA) is 65.5 Å². The number of hydrogen-bond acceptors (Lipinski definition) is 2. The van der Waals surface area contributed by atoms with Crippen molar-refractivity contribution in [2.45, 2.75) is 59.4 Å². The molecule has 1 amide bonds. The summed E-state index contributed by atoms with van der Waals surface area (Å²) in [6, 6.07) is 0.198. The molecule has 112 valence electrons. The number of aliphatic imine (C=N–C) groups is 1. The van der Waals surface area contributed by atoms with Crippen LogP contribution in [0.4, 0.5) is 0 Å². The highest BCUT2D eigenvalue weighted by Gasteiger charge is 2.03. The quantitative estimate of drug-likeness (QED) is 0.339.